The van der Waals surface area contributed by atoms with Gasteiger partial charge >= 0.3 is 0 Å². The second kappa shape index (κ2) is 19.1. The summed E-state index contributed by atoms with van der Waals surface area (Å²) in [6, 6.07) is 76.1. The van der Waals surface area contributed by atoms with Crippen LogP contribution in [0.1, 0.15) is 149 Å². The molecular weight excluding hydrogens is 1030 g/mol. The zero-order chi connectivity index (χ0) is 58.7. The summed E-state index contributed by atoms with van der Waals surface area (Å²) in [5, 5.41) is 2.50. The third-order valence-electron chi connectivity index (χ3n) is 20.7. The lowest BCUT2D eigenvalue weighted by Gasteiger charge is -2.57. The maximum atomic E-state index is 2.74. The SMILES string of the molecule is CC(C)(C)c1ccc(N(c2ccc3c(c2)N(c2ccc(C(C)(C)C)cc2)c2cc(C45CC6CC(CC(C6)C4)C5)cc4c2B3c2cc(C(C)(C)C)ccc2N4c2ccc(C(C)(C)C)cc2)c2ccc3c4ccccc4n(-c4ccccc4)c3c2)cc1. The lowest BCUT2D eigenvalue weighted by atomic mass is 9.33. The van der Waals surface area contributed by atoms with Crippen LogP contribution in [0.2, 0.25) is 0 Å². The topological polar surface area (TPSA) is 14.7 Å². The summed E-state index contributed by atoms with van der Waals surface area (Å²) < 4.78 is 2.45. The van der Waals surface area contributed by atoms with Gasteiger partial charge in [-0.25, -0.2) is 0 Å². The maximum Gasteiger partial charge on any atom is 0.252 e. The van der Waals surface area contributed by atoms with Gasteiger partial charge in [0.05, 0.1) is 11.0 Å². The largest absolute Gasteiger partial charge is 0.311 e. The van der Waals surface area contributed by atoms with Crippen LogP contribution in [0.3, 0.4) is 0 Å². The normalized spacial score (nSPS) is 19.8. The molecule has 4 bridgehead atoms. The molecule has 6 aliphatic rings. The number of fused-ring (bicyclic) bond motifs is 7. The van der Waals surface area contributed by atoms with Crippen molar-refractivity contribution < 1.29 is 0 Å². The van der Waals surface area contributed by atoms with E-state index < -0.39 is 0 Å². The van der Waals surface area contributed by atoms with E-state index in [1.807, 2.05) is 0 Å². The van der Waals surface area contributed by atoms with Crippen molar-refractivity contribution in [3.63, 3.8) is 0 Å². The molecule has 4 aliphatic carbocycles. The summed E-state index contributed by atoms with van der Waals surface area (Å²) in [7, 11) is 0. The average Bonchev–Trinajstić information content (AvgIpc) is 1.27. The van der Waals surface area contributed by atoms with E-state index in [1.165, 1.54) is 133 Å². The minimum Gasteiger partial charge on any atom is -0.311 e. The molecule has 0 radical (unpaired) electrons. The Kier molecular flexibility index (Phi) is 12.1. The predicted octanol–water partition coefficient (Wildman–Crippen LogP) is 20.0. The predicted molar refractivity (Wildman–Crippen MR) is 364 cm³/mol. The van der Waals surface area contributed by atoms with Crippen molar-refractivity contribution in [3.05, 3.63) is 222 Å². The number of hydrogen-bond acceptors (Lipinski definition) is 3. The van der Waals surface area contributed by atoms with E-state index in [4.69, 9.17) is 0 Å². The second-order valence-corrected chi connectivity index (χ2v) is 30.6. The van der Waals surface area contributed by atoms with Crippen LogP contribution < -0.4 is 31.1 Å². The number of rotatable bonds is 7. The van der Waals surface area contributed by atoms with Gasteiger partial charge in [0.2, 0.25) is 0 Å². The molecule has 1 aromatic heterocycles. The van der Waals surface area contributed by atoms with Crippen molar-refractivity contribution in [1.82, 2.24) is 4.57 Å². The first kappa shape index (κ1) is 53.9. The summed E-state index contributed by atoms with van der Waals surface area (Å²) in [5.41, 5.74) is 25.7. The summed E-state index contributed by atoms with van der Waals surface area (Å²) in [5.74, 6) is 2.43. The Morgan fingerprint density at radius 2 is 0.847 bits per heavy atom. The number of anilines is 9. The van der Waals surface area contributed by atoms with Gasteiger partial charge in [-0.1, -0.05) is 180 Å². The molecule has 0 atom stereocenters. The highest BCUT2D eigenvalue weighted by molar-refractivity contribution is 7.00. The molecular formula is C80H83BN4. The van der Waals surface area contributed by atoms with Crippen molar-refractivity contribution in [2.24, 2.45) is 17.8 Å². The van der Waals surface area contributed by atoms with Crippen LogP contribution in [0.4, 0.5) is 51.2 Å². The highest BCUT2D eigenvalue weighted by Crippen LogP contribution is 2.62. The molecule has 2 aliphatic heterocycles. The van der Waals surface area contributed by atoms with E-state index >= 15 is 0 Å². The fraction of sp³-hybridized carbons (Fsp3) is 0.325. The fourth-order valence-corrected chi connectivity index (χ4v) is 16.7. The monoisotopic (exact) mass is 1110 g/mol. The molecule has 0 N–H and O–H groups in total. The van der Waals surface area contributed by atoms with Crippen molar-refractivity contribution in [1.29, 1.82) is 0 Å². The maximum absolute atomic E-state index is 2.74. The van der Waals surface area contributed by atoms with Crippen molar-refractivity contribution in [2.45, 2.75) is 149 Å². The van der Waals surface area contributed by atoms with Gasteiger partial charge in [0, 0.05) is 67.6 Å². The summed E-state index contributed by atoms with van der Waals surface area (Å²) in [6.07, 6.45) is 8.12. The van der Waals surface area contributed by atoms with Crippen molar-refractivity contribution in [3.8, 4) is 5.69 Å². The van der Waals surface area contributed by atoms with Gasteiger partial charge in [-0.2, -0.15) is 0 Å². The lowest BCUT2D eigenvalue weighted by molar-refractivity contribution is -0.00514. The van der Waals surface area contributed by atoms with Crippen LogP contribution in [-0.2, 0) is 27.1 Å². The van der Waals surface area contributed by atoms with Gasteiger partial charge in [-0.05, 0) is 225 Å². The first-order valence-corrected chi connectivity index (χ1v) is 31.9. The Morgan fingerprint density at radius 3 is 1.41 bits per heavy atom. The lowest BCUT2D eigenvalue weighted by Crippen LogP contribution is -2.61. The molecule has 0 spiro atoms. The summed E-state index contributed by atoms with van der Waals surface area (Å²) in [6.45, 7) is 28.1. The van der Waals surface area contributed by atoms with Gasteiger partial charge in [-0.3, -0.25) is 0 Å². The quantitative estimate of drug-likeness (QED) is 0.148. The Bertz CT molecular complexity index is 4220. The molecule has 3 heterocycles. The molecule has 0 amide bonds. The Labute approximate surface area is 506 Å². The first-order chi connectivity index (χ1) is 40.6. The van der Waals surface area contributed by atoms with E-state index in [-0.39, 0.29) is 33.8 Å². The third-order valence-corrected chi connectivity index (χ3v) is 20.7. The van der Waals surface area contributed by atoms with E-state index in [9.17, 15) is 0 Å². The summed E-state index contributed by atoms with van der Waals surface area (Å²) >= 11 is 0. The Hall–Kier alpha value is -7.76. The minimum atomic E-state index is -0.0573. The molecule has 4 fully saturated rings. The van der Waals surface area contributed by atoms with E-state index in [0.29, 0.717) is 0 Å². The fourth-order valence-electron chi connectivity index (χ4n) is 16.7. The Morgan fingerprint density at radius 1 is 0.376 bits per heavy atom. The number of hydrogen-bond donors (Lipinski definition) is 0. The van der Waals surface area contributed by atoms with Crippen LogP contribution >= 0.6 is 0 Å². The average molecular weight is 1110 g/mol. The van der Waals surface area contributed by atoms with Crippen molar-refractivity contribution >= 4 is 96.1 Å². The van der Waals surface area contributed by atoms with E-state index in [2.05, 4.69) is 296 Å². The van der Waals surface area contributed by atoms with Crippen LogP contribution in [0, 0.1) is 17.8 Å². The molecule has 0 unspecified atom stereocenters. The smallest absolute Gasteiger partial charge is 0.252 e. The van der Waals surface area contributed by atoms with Gasteiger partial charge in [0.15, 0.2) is 0 Å². The molecule has 9 aromatic carbocycles. The van der Waals surface area contributed by atoms with Crippen LogP contribution in [0.15, 0.2) is 194 Å². The molecule has 0 saturated heterocycles. The van der Waals surface area contributed by atoms with E-state index in [1.54, 1.807) is 5.56 Å². The molecule has 426 valence electrons. The molecule has 16 rings (SSSR count). The van der Waals surface area contributed by atoms with Crippen molar-refractivity contribution in [2.75, 3.05) is 14.7 Å². The third kappa shape index (κ3) is 8.91. The molecule has 85 heavy (non-hydrogen) atoms. The van der Waals surface area contributed by atoms with Gasteiger partial charge in [-0.15, -0.1) is 0 Å². The molecule has 10 aromatic rings. The highest BCUT2D eigenvalue weighted by Gasteiger charge is 2.53. The zero-order valence-corrected chi connectivity index (χ0v) is 52.3. The Balaban J connectivity index is 1.02. The van der Waals surface area contributed by atoms with Gasteiger partial charge in [0.1, 0.15) is 0 Å². The van der Waals surface area contributed by atoms with E-state index in [0.717, 1.165) is 40.5 Å². The molecule has 5 heteroatoms. The van der Waals surface area contributed by atoms with Crippen LogP contribution in [-0.4, -0.2) is 11.3 Å². The van der Waals surface area contributed by atoms with Gasteiger partial charge in [0.25, 0.3) is 6.71 Å². The molecule has 4 saturated carbocycles. The highest BCUT2D eigenvalue weighted by atomic mass is 15.2. The second-order valence-electron chi connectivity index (χ2n) is 30.6. The van der Waals surface area contributed by atoms with Crippen LogP contribution in [0.25, 0.3) is 27.5 Å². The number of benzene rings is 9. The first-order valence-electron chi connectivity index (χ1n) is 31.9. The summed E-state index contributed by atoms with van der Waals surface area (Å²) in [4.78, 5) is 7.92. The number of nitrogens with zero attached hydrogens (tertiary/aromatic N) is 4. The zero-order valence-electron chi connectivity index (χ0n) is 52.3. The molecule has 4 nitrogen and oxygen atoms in total. The number of aromatic nitrogens is 1. The van der Waals surface area contributed by atoms with Gasteiger partial charge < -0.3 is 19.3 Å². The number of para-hydroxylation sites is 2. The minimum absolute atomic E-state index is 0.00204. The standard InChI is InChI=1S/C80H83BN4/c1-76(2,3)54-22-29-60(30-23-54)82(63-35-37-66-65-20-16-17-21-69(65)83(71(66)46-63)59-18-14-13-15-19-59)64-36-38-67-72(47-64)85(62-33-26-56(27-34-62)78(7,8)9)74-45-58(80-48-51-40-52(49-80)42-53(41-51)50-80)44-73-75(74)81(67)68-43-57(79(10,11)12)28-39-70(68)84(73)61-31-24-55(25-32-61)77(4,5)6/h13-39,43-47,51-53H,40-42,48-50H2,1-12H3. The van der Waals surface area contributed by atoms with Crippen LogP contribution in [0.5, 0.6) is 0 Å².